The largest absolute Gasteiger partial charge is 0.493 e. The van der Waals surface area contributed by atoms with Crippen molar-refractivity contribution in [3.8, 4) is 11.5 Å². The molecule has 1 heterocycles. The number of hydrogen-bond acceptors (Lipinski definition) is 3. The van der Waals surface area contributed by atoms with Crippen molar-refractivity contribution in [1.29, 1.82) is 0 Å². The van der Waals surface area contributed by atoms with Crippen molar-refractivity contribution in [3.05, 3.63) is 72.3 Å². The summed E-state index contributed by atoms with van der Waals surface area (Å²) in [6, 6.07) is 17.1. The molecule has 1 aliphatic rings. The molecule has 28 heavy (non-hydrogen) atoms. The van der Waals surface area contributed by atoms with Crippen LogP contribution in [0.5, 0.6) is 11.5 Å². The number of piperidine rings is 1. The summed E-state index contributed by atoms with van der Waals surface area (Å²) >= 11 is 0. The smallest absolute Gasteiger partial charge is 0.161 e. The fraction of sp³-hybridized carbons (Fsp3) is 0.440. The van der Waals surface area contributed by atoms with Crippen LogP contribution < -0.4 is 9.47 Å². The average molecular weight is 380 g/mol. The Bertz CT molecular complexity index is 743. The molecule has 150 valence electrons. The van der Waals surface area contributed by atoms with Gasteiger partial charge in [0.15, 0.2) is 11.5 Å². The molecule has 0 aliphatic carbocycles. The first-order valence-electron chi connectivity index (χ1n) is 10.4. The summed E-state index contributed by atoms with van der Waals surface area (Å²) in [6.45, 7) is 10.2. The standard InChI is InChI=1S/C25H33NO2/c1-4-9-20-12-13-24(25(17-20)27-3)28-19-22-18-26(15-5-2)16-14-23(22)21-10-7-6-8-11-21/h4,6-8,10-13,17,22-23H,1,5,9,14-16,18-19H2,2-3H3/t22-,23-/m0/s1. The van der Waals surface area contributed by atoms with Crippen LogP contribution in [0.2, 0.25) is 0 Å². The Labute approximate surface area is 170 Å². The number of allylic oxidation sites excluding steroid dienone is 1. The summed E-state index contributed by atoms with van der Waals surface area (Å²) in [6.07, 6.45) is 5.13. The minimum absolute atomic E-state index is 0.472. The number of nitrogens with zero attached hydrogens (tertiary/aromatic N) is 1. The second kappa shape index (κ2) is 10.3. The molecule has 2 aromatic carbocycles. The van der Waals surface area contributed by atoms with Crippen molar-refractivity contribution in [1.82, 2.24) is 4.90 Å². The highest BCUT2D eigenvalue weighted by Gasteiger charge is 2.30. The molecule has 0 radical (unpaired) electrons. The van der Waals surface area contributed by atoms with Crippen molar-refractivity contribution in [3.63, 3.8) is 0 Å². The van der Waals surface area contributed by atoms with Crippen LogP contribution in [-0.2, 0) is 6.42 Å². The zero-order valence-electron chi connectivity index (χ0n) is 17.3. The second-order valence-electron chi connectivity index (χ2n) is 7.66. The van der Waals surface area contributed by atoms with E-state index in [-0.39, 0.29) is 0 Å². The van der Waals surface area contributed by atoms with E-state index in [4.69, 9.17) is 9.47 Å². The van der Waals surface area contributed by atoms with Crippen LogP contribution >= 0.6 is 0 Å². The van der Waals surface area contributed by atoms with Crippen LogP contribution in [0, 0.1) is 5.92 Å². The lowest BCUT2D eigenvalue weighted by Crippen LogP contribution is -2.42. The lowest BCUT2D eigenvalue weighted by Gasteiger charge is -2.38. The van der Waals surface area contributed by atoms with Gasteiger partial charge in [0.2, 0.25) is 0 Å². The number of benzene rings is 2. The molecule has 1 saturated heterocycles. The quantitative estimate of drug-likeness (QED) is 0.551. The van der Waals surface area contributed by atoms with Gasteiger partial charge in [0.25, 0.3) is 0 Å². The summed E-state index contributed by atoms with van der Waals surface area (Å²) in [5, 5.41) is 0. The molecule has 0 unspecified atom stereocenters. The van der Waals surface area contributed by atoms with Crippen molar-refractivity contribution in [2.45, 2.75) is 32.1 Å². The minimum Gasteiger partial charge on any atom is -0.493 e. The van der Waals surface area contributed by atoms with E-state index in [9.17, 15) is 0 Å². The first-order valence-corrected chi connectivity index (χ1v) is 10.4. The van der Waals surface area contributed by atoms with E-state index in [1.807, 2.05) is 12.1 Å². The highest BCUT2D eigenvalue weighted by atomic mass is 16.5. The molecule has 3 nitrogen and oxygen atoms in total. The molecule has 2 atom stereocenters. The van der Waals surface area contributed by atoms with Crippen LogP contribution in [0.15, 0.2) is 61.2 Å². The van der Waals surface area contributed by atoms with Gasteiger partial charge in [-0.1, -0.05) is 49.4 Å². The highest BCUT2D eigenvalue weighted by molar-refractivity contribution is 5.43. The predicted octanol–water partition coefficient (Wildman–Crippen LogP) is 5.32. The van der Waals surface area contributed by atoms with Gasteiger partial charge in [0, 0.05) is 12.5 Å². The molecular formula is C25H33NO2. The number of rotatable bonds is 9. The van der Waals surface area contributed by atoms with Gasteiger partial charge in [-0.2, -0.15) is 0 Å². The third-order valence-electron chi connectivity index (χ3n) is 5.65. The maximum atomic E-state index is 6.30. The summed E-state index contributed by atoms with van der Waals surface area (Å²) in [7, 11) is 1.70. The summed E-state index contributed by atoms with van der Waals surface area (Å²) < 4.78 is 11.9. The Morgan fingerprint density at radius 2 is 1.96 bits per heavy atom. The van der Waals surface area contributed by atoms with E-state index >= 15 is 0 Å². The zero-order valence-corrected chi connectivity index (χ0v) is 17.3. The van der Waals surface area contributed by atoms with Crippen molar-refractivity contribution in [2.75, 3.05) is 33.4 Å². The van der Waals surface area contributed by atoms with E-state index in [0.29, 0.717) is 18.4 Å². The molecule has 1 fully saturated rings. The van der Waals surface area contributed by atoms with Gasteiger partial charge in [-0.15, -0.1) is 6.58 Å². The van der Waals surface area contributed by atoms with Gasteiger partial charge in [-0.25, -0.2) is 0 Å². The number of likely N-dealkylation sites (tertiary alicyclic amines) is 1. The maximum Gasteiger partial charge on any atom is 0.161 e. The van der Waals surface area contributed by atoms with Crippen LogP contribution in [-0.4, -0.2) is 38.3 Å². The van der Waals surface area contributed by atoms with E-state index in [0.717, 1.165) is 31.0 Å². The minimum atomic E-state index is 0.472. The molecule has 2 aromatic rings. The summed E-state index contributed by atoms with van der Waals surface area (Å²) in [5.74, 6) is 2.65. The zero-order chi connectivity index (χ0) is 19.8. The van der Waals surface area contributed by atoms with Gasteiger partial charge in [-0.3, -0.25) is 0 Å². The normalized spacial score (nSPS) is 19.9. The summed E-state index contributed by atoms with van der Waals surface area (Å²) in [5.41, 5.74) is 2.62. The monoisotopic (exact) mass is 379 g/mol. The third kappa shape index (κ3) is 5.17. The first-order chi connectivity index (χ1) is 13.7. The molecular weight excluding hydrogens is 346 g/mol. The Balaban J connectivity index is 1.73. The van der Waals surface area contributed by atoms with Crippen LogP contribution in [0.3, 0.4) is 0 Å². The molecule has 3 heteroatoms. The lowest BCUT2D eigenvalue weighted by atomic mass is 9.81. The van der Waals surface area contributed by atoms with Crippen molar-refractivity contribution >= 4 is 0 Å². The van der Waals surface area contributed by atoms with Crippen LogP contribution in [0.25, 0.3) is 0 Å². The molecule has 3 rings (SSSR count). The van der Waals surface area contributed by atoms with E-state index in [1.54, 1.807) is 7.11 Å². The van der Waals surface area contributed by atoms with Crippen molar-refractivity contribution < 1.29 is 9.47 Å². The van der Waals surface area contributed by atoms with Crippen LogP contribution in [0.4, 0.5) is 0 Å². The first kappa shape index (κ1) is 20.5. The predicted molar refractivity (Wildman–Crippen MR) is 116 cm³/mol. The van der Waals surface area contributed by atoms with Gasteiger partial charge in [-0.05, 0) is 61.5 Å². The van der Waals surface area contributed by atoms with E-state index in [1.165, 1.54) is 30.5 Å². The molecule has 0 bridgehead atoms. The molecule has 0 spiro atoms. The second-order valence-corrected chi connectivity index (χ2v) is 7.66. The molecule has 0 saturated carbocycles. The van der Waals surface area contributed by atoms with Gasteiger partial charge < -0.3 is 14.4 Å². The number of hydrogen-bond donors (Lipinski definition) is 0. The van der Waals surface area contributed by atoms with Gasteiger partial charge >= 0.3 is 0 Å². The SMILES string of the molecule is C=CCc1ccc(OC[C@@H]2CN(CCC)CC[C@H]2c2ccccc2)c(OC)c1. The fourth-order valence-corrected chi connectivity index (χ4v) is 4.26. The molecule has 0 aromatic heterocycles. The van der Waals surface area contributed by atoms with E-state index in [2.05, 4.69) is 60.9 Å². The summed E-state index contributed by atoms with van der Waals surface area (Å²) in [4.78, 5) is 2.58. The fourth-order valence-electron chi connectivity index (χ4n) is 4.26. The van der Waals surface area contributed by atoms with Crippen molar-refractivity contribution in [2.24, 2.45) is 5.92 Å². The van der Waals surface area contributed by atoms with Gasteiger partial charge in [0.1, 0.15) is 0 Å². The third-order valence-corrected chi connectivity index (χ3v) is 5.65. The maximum absolute atomic E-state index is 6.30. The Hall–Kier alpha value is -2.26. The lowest BCUT2D eigenvalue weighted by molar-refractivity contribution is 0.110. The molecule has 1 aliphatic heterocycles. The average Bonchev–Trinajstić information content (AvgIpc) is 2.74. The Kier molecular flexibility index (Phi) is 7.55. The number of ether oxygens (including phenoxy) is 2. The topological polar surface area (TPSA) is 21.7 Å². The Morgan fingerprint density at radius 1 is 1.14 bits per heavy atom. The van der Waals surface area contributed by atoms with Crippen LogP contribution in [0.1, 0.15) is 36.8 Å². The highest BCUT2D eigenvalue weighted by Crippen LogP contribution is 2.35. The Morgan fingerprint density at radius 3 is 2.68 bits per heavy atom. The van der Waals surface area contributed by atoms with Gasteiger partial charge in [0.05, 0.1) is 13.7 Å². The van der Waals surface area contributed by atoms with E-state index < -0.39 is 0 Å². The number of methoxy groups -OCH3 is 1. The molecule has 0 N–H and O–H groups in total. The molecule has 0 amide bonds.